The van der Waals surface area contributed by atoms with E-state index >= 15 is 0 Å². The molecule has 1 atom stereocenters. The molecule has 3 N–H and O–H groups in total. The highest BCUT2D eigenvalue weighted by Crippen LogP contribution is 2.29. The van der Waals surface area contributed by atoms with Crippen molar-refractivity contribution in [2.45, 2.75) is 6.04 Å². The van der Waals surface area contributed by atoms with E-state index in [-0.39, 0.29) is 6.54 Å². The summed E-state index contributed by atoms with van der Waals surface area (Å²) in [6, 6.07) is 4.34. The van der Waals surface area contributed by atoms with Crippen LogP contribution in [0.4, 0.5) is 0 Å². The second-order valence-corrected chi connectivity index (χ2v) is 3.85. The third-order valence-corrected chi connectivity index (χ3v) is 2.66. The Morgan fingerprint density at radius 2 is 2.25 bits per heavy atom. The van der Waals surface area contributed by atoms with E-state index in [1.54, 1.807) is 18.2 Å². The molecular formula is C12H17N5O3. The van der Waals surface area contributed by atoms with Crippen LogP contribution in [-0.4, -0.2) is 33.2 Å². The van der Waals surface area contributed by atoms with Gasteiger partial charge < -0.3 is 20.5 Å². The van der Waals surface area contributed by atoms with E-state index in [0.29, 0.717) is 23.6 Å². The number of nitrogens with two attached hydrogens (primary N) is 1. The Balaban J connectivity index is 3.00. The molecule has 0 aromatic heterocycles. The smallest absolute Gasteiger partial charge is 0.239 e. The lowest BCUT2D eigenvalue weighted by atomic mass is 10.0. The van der Waals surface area contributed by atoms with E-state index in [0.717, 1.165) is 0 Å². The molecule has 1 aromatic carbocycles. The Labute approximate surface area is 116 Å². The summed E-state index contributed by atoms with van der Waals surface area (Å²) in [5.41, 5.74) is 14.2. The number of nitrogens with one attached hydrogen (secondary N) is 1. The van der Waals surface area contributed by atoms with Gasteiger partial charge in [0.25, 0.3) is 0 Å². The van der Waals surface area contributed by atoms with Crippen molar-refractivity contribution in [3.8, 4) is 11.5 Å². The number of rotatable bonds is 8. The molecule has 108 valence electrons. The second kappa shape index (κ2) is 7.88. The number of amides is 1. The van der Waals surface area contributed by atoms with Crippen molar-refractivity contribution in [2.75, 3.05) is 27.3 Å². The summed E-state index contributed by atoms with van der Waals surface area (Å²) in [6.45, 7) is 0.532. The lowest BCUT2D eigenvalue weighted by Crippen LogP contribution is -2.35. The zero-order valence-corrected chi connectivity index (χ0v) is 11.4. The van der Waals surface area contributed by atoms with Crippen molar-refractivity contribution < 1.29 is 14.3 Å². The van der Waals surface area contributed by atoms with Gasteiger partial charge in [-0.25, -0.2) is 0 Å². The van der Waals surface area contributed by atoms with Crippen LogP contribution in [0.5, 0.6) is 11.5 Å². The molecular weight excluding hydrogens is 262 g/mol. The molecule has 1 amide bonds. The maximum atomic E-state index is 11.6. The molecule has 0 spiro atoms. The molecule has 0 saturated carbocycles. The van der Waals surface area contributed by atoms with Gasteiger partial charge in [0.15, 0.2) is 0 Å². The number of nitrogens with zero attached hydrogens (tertiary/aromatic N) is 3. The maximum absolute atomic E-state index is 11.6. The van der Waals surface area contributed by atoms with E-state index in [1.165, 1.54) is 14.2 Å². The lowest BCUT2D eigenvalue weighted by Gasteiger charge is -2.18. The summed E-state index contributed by atoms with van der Waals surface area (Å²) < 4.78 is 10.3. The van der Waals surface area contributed by atoms with Gasteiger partial charge in [-0.3, -0.25) is 4.79 Å². The molecule has 20 heavy (non-hydrogen) atoms. The minimum Gasteiger partial charge on any atom is -0.497 e. The Bertz CT molecular complexity index is 514. The average molecular weight is 279 g/mol. The van der Waals surface area contributed by atoms with Gasteiger partial charge in [0.05, 0.1) is 14.2 Å². The topological polar surface area (TPSA) is 122 Å². The van der Waals surface area contributed by atoms with Gasteiger partial charge in [-0.15, -0.1) is 0 Å². The normalized spacial score (nSPS) is 11.3. The Hall–Kier alpha value is -2.44. The predicted molar refractivity (Wildman–Crippen MR) is 73.5 cm³/mol. The molecule has 0 aliphatic carbocycles. The molecule has 1 unspecified atom stereocenters. The van der Waals surface area contributed by atoms with E-state index in [1.807, 2.05) is 0 Å². The van der Waals surface area contributed by atoms with Gasteiger partial charge in [0, 0.05) is 23.6 Å². The Morgan fingerprint density at radius 3 is 2.80 bits per heavy atom. The number of carbonyl (C=O) groups is 1. The highest BCUT2D eigenvalue weighted by atomic mass is 16.5. The van der Waals surface area contributed by atoms with Gasteiger partial charge in [0.1, 0.15) is 17.5 Å². The molecule has 0 saturated heterocycles. The summed E-state index contributed by atoms with van der Waals surface area (Å²) >= 11 is 0. The number of azide groups is 1. The standard InChI is InChI=1S/C12H17N5O3/c1-19-8-3-4-10(20-2)9(7-8)11(12(13)18)15-5-6-16-17-14/h3-4,7,11,15H,5-6H2,1-2H3,(H2,13,18). The first kappa shape index (κ1) is 15.6. The highest BCUT2D eigenvalue weighted by Gasteiger charge is 2.21. The fourth-order valence-corrected chi connectivity index (χ4v) is 1.73. The quantitative estimate of drug-likeness (QED) is 0.320. The van der Waals surface area contributed by atoms with Gasteiger partial charge in [-0.05, 0) is 23.7 Å². The molecule has 0 aliphatic heterocycles. The van der Waals surface area contributed by atoms with Crippen LogP contribution in [-0.2, 0) is 4.79 Å². The largest absolute Gasteiger partial charge is 0.497 e. The number of carbonyl (C=O) groups excluding carboxylic acids is 1. The monoisotopic (exact) mass is 279 g/mol. The van der Waals surface area contributed by atoms with Gasteiger partial charge >= 0.3 is 0 Å². The molecule has 0 heterocycles. The van der Waals surface area contributed by atoms with Crippen LogP contribution >= 0.6 is 0 Å². The maximum Gasteiger partial charge on any atom is 0.239 e. The van der Waals surface area contributed by atoms with Crippen LogP contribution in [0.1, 0.15) is 11.6 Å². The van der Waals surface area contributed by atoms with Crippen molar-refractivity contribution in [3.63, 3.8) is 0 Å². The average Bonchev–Trinajstić information content (AvgIpc) is 2.46. The van der Waals surface area contributed by atoms with Crippen molar-refractivity contribution in [1.82, 2.24) is 5.32 Å². The van der Waals surface area contributed by atoms with E-state index in [9.17, 15) is 4.79 Å². The number of hydrogen-bond donors (Lipinski definition) is 2. The summed E-state index contributed by atoms with van der Waals surface area (Å²) in [7, 11) is 3.03. The number of primary amides is 1. The van der Waals surface area contributed by atoms with Crippen LogP contribution < -0.4 is 20.5 Å². The third-order valence-electron chi connectivity index (χ3n) is 2.66. The molecule has 8 nitrogen and oxygen atoms in total. The SMILES string of the molecule is COc1ccc(OC)c(C(NCCN=[N+]=[N-])C(N)=O)c1. The predicted octanol–water partition coefficient (Wildman–Crippen LogP) is 1.13. The highest BCUT2D eigenvalue weighted by molar-refractivity contribution is 5.82. The van der Waals surface area contributed by atoms with E-state index in [2.05, 4.69) is 15.3 Å². The number of hydrogen-bond acceptors (Lipinski definition) is 5. The van der Waals surface area contributed by atoms with Crippen molar-refractivity contribution >= 4 is 5.91 Å². The lowest BCUT2D eigenvalue weighted by molar-refractivity contribution is -0.120. The van der Waals surface area contributed by atoms with Crippen LogP contribution in [0.15, 0.2) is 23.3 Å². The minimum absolute atomic E-state index is 0.215. The molecule has 8 heteroatoms. The van der Waals surface area contributed by atoms with Crippen molar-refractivity contribution in [3.05, 3.63) is 34.2 Å². The zero-order chi connectivity index (χ0) is 15.0. The van der Waals surface area contributed by atoms with Crippen LogP contribution in [0.25, 0.3) is 10.4 Å². The van der Waals surface area contributed by atoms with Gasteiger partial charge in [-0.2, -0.15) is 0 Å². The third kappa shape index (κ3) is 4.04. The Morgan fingerprint density at radius 1 is 1.50 bits per heavy atom. The van der Waals surface area contributed by atoms with Crippen LogP contribution in [0.2, 0.25) is 0 Å². The minimum atomic E-state index is -0.756. The molecule has 0 aliphatic rings. The molecule has 1 aromatic rings. The summed E-state index contributed by atoms with van der Waals surface area (Å²) in [6.07, 6.45) is 0. The second-order valence-electron chi connectivity index (χ2n) is 3.85. The summed E-state index contributed by atoms with van der Waals surface area (Å²) in [5, 5.41) is 6.30. The first-order chi connectivity index (χ1) is 9.63. The van der Waals surface area contributed by atoms with Crippen LogP contribution in [0.3, 0.4) is 0 Å². The van der Waals surface area contributed by atoms with Crippen molar-refractivity contribution in [2.24, 2.45) is 10.8 Å². The Kier molecular flexibility index (Phi) is 6.15. The first-order valence-corrected chi connectivity index (χ1v) is 5.89. The van der Waals surface area contributed by atoms with Gasteiger partial charge in [0.2, 0.25) is 5.91 Å². The summed E-state index contributed by atoms with van der Waals surface area (Å²) in [4.78, 5) is 14.2. The number of methoxy groups -OCH3 is 2. The number of ether oxygens (including phenoxy) is 2. The molecule has 0 fully saturated rings. The van der Waals surface area contributed by atoms with Crippen molar-refractivity contribution in [1.29, 1.82) is 0 Å². The fraction of sp³-hybridized carbons (Fsp3) is 0.417. The van der Waals surface area contributed by atoms with Gasteiger partial charge in [-0.1, -0.05) is 5.11 Å². The van der Waals surface area contributed by atoms with E-state index < -0.39 is 11.9 Å². The first-order valence-electron chi connectivity index (χ1n) is 5.89. The zero-order valence-electron chi connectivity index (χ0n) is 11.4. The van der Waals surface area contributed by atoms with E-state index in [4.69, 9.17) is 20.7 Å². The molecule has 1 rings (SSSR count). The van der Waals surface area contributed by atoms with Crippen LogP contribution in [0, 0.1) is 0 Å². The number of benzene rings is 1. The molecule has 0 bridgehead atoms. The molecule has 0 radical (unpaired) electrons. The fourth-order valence-electron chi connectivity index (χ4n) is 1.73. The summed E-state index contributed by atoms with van der Waals surface area (Å²) in [5.74, 6) is 0.548.